The van der Waals surface area contributed by atoms with Gasteiger partial charge < -0.3 is 10.2 Å². The summed E-state index contributed by atoms with van der Waals surface area (Å²) >= 11 is 0. The first-order valence-corrected chi connectivity index (χ1v) is 7.09. The standard InChI is InChI=1S/C14H26N4/c1-5-6-12-7-8-18(10-12)14-13(9-15-3)11(2)16-17(14)4/h12,15H,5-10H2,1-4H3. The molecule has 102 valence electrons. The Kier molecular flexibility index (Phi) is 4.27. The van der Waals surface area contributed by atoms with Gasteiger partial charge in [-0.15, -0.1) is 0 Å². The fourth-order valence-electron chi connectivity index (χ4n) is 3.14. The Morgan fingerprint density at radius 3 is 2.89 bits per heavy atom. The highest BCUT2D eigenvalue weighted by atomic mass is 15.4. The summed E-state index contributed by atoms with van der Waals surface area (Å²) in [4.78, 5) is 2.52. The molecule has 4 heteroatoms. The molecule has 1 aliphatic rings. The summed E-state index contributed by atoms with van der Waals surface area (Å²) in [5.74, 6) is 2.19. The number of hydrogen-bond donors (Lipinski definition) is 1. The summed E-state index contributed by atoms with van der Waals surface area (Å²) in [5, 5.41) is 7.84. The van der Waals surface area contributed by atoms with Crippen LogP contribution in [0.25, 0.3) is 0 Å². The predicted octanol–water partition coefficient (Wildman–Crippen LogP) is 2.07. The summed E-state index contributed by atoms with van der Waals surface area (Å²) in [6, 6.07) is 0. The van der Waals surface area contributed by atoms with Gasteiger partial charge in [0.1, 0.15) is 5.82 Å². The molecule has 1 fully saturated rings. The third kappa shape index (κ3) is 2.53. The van der Waals surface area contributed by atoms with Crippen molar-refractivity contribution in [2.45, 2.75) is 39.7 Å². The smallest absolute Gasteiger partial charge is 0.131 e. The number of nitrogens with zero attached hydrogens (tertiary/aromatic N) is 3. The molecular formula is C14H26N4. The molecule has 1 saturated heterocycles. The lowest BCUT2D eigenvalue weighted by Crippen LogP contribution is -2.24. The summed E-state index contributed by atoms with van der Waals surface area (Å²) in [7, 11) is 4.06. The topological polar surface area (TPSA) is 33.1 Å². The van der Waals surface area contributed by atoms with E-state index in [9.17, 15) is 0 Å². The van der Waals surface area contributed by atoms with Crippen molar-refractivity contribution in [1.29, 1.82) is 0 Å². The molecule has 2 rings (SSSR count). The van der Waals surface area contributed by atoms with Crippen molar-refractivity contribution < 1.29 is 0 Å². The molecule has 0 aromatic carbocycles. The fourth-order valence-corrected chi connectivity index (χ4v) is 3.14. The van der Waals surface area contributed by atoms with Crippen LogP contribution < -0.4 is 10.2 Å². The van der Waals surface area contributed by atoms with Gasteiger partial charge in [-0.25, -0.2) is 0 Å². The van der Waals surface area contributed by atoms with Gasteiger partial charge in [0.25, 0.3) is 0 Å². The van der Waals surface area contributed by atoms with Gasteiger partial charge >= 0.3 is 0 Å². The second-order valence-electron chi connectivity index (χ2n) is 5.43. The number of aryl methyl sites for hydroxylation is 2. The lowest BCUT2D eigenvalue weighted by atomic mass is 10.0. The Morgan fingerprint density at radius 2 is 2.22 bits per heavy atom. The van der Waals surface area contributed by atoms with Crippen molar-refractivity contribution >= 4 is 5.82 Å². The molecule has 0 amide bonds. The predicted molar refractivity (Wildman–Crippen MR) is 75.9 cm³/mol. The third-order valence-corrected chi connectivity index (χ3v) is 3.95. The highest BCUT2D eigenvalue weighted by molar-refractivity contribution is 5.51. The van der Waals surface area contributed by atoms with E-state index in [1.807, 2.05) is 7.05 Å². The van der Waals surface area contributed by atoms with Crippen LogP contribution in [0.4, 0.5) is 5.82 Å². The Bertz CT molecular complexity index is 397. The SMILES string of the molecule is CCCC1CCN(c2c(CNC)c(C)nn2C)C1. The van der Waals surface area contributed by atoms with E-state index < -0.39 is 0 Å². The first-order chi connectivity index (χ1) is 8.67. The molecule has 18 heavy (non-hydrogen) atoms. The van der Waals surface area contributed by atoms with Crippen molar-refractivity contribution in [3.05, 3.63) is 11.3 Å². The number of nitrogens with one attached hydrogen (secondary N) is 1. The van der Waals surface area contributed by atoms with E-state index in [1.165, 1.54) is 43.7 Å². The van der Waals surface area contributed by atoms with E-state index in [-0.39, 0.29) is 0 Å². The molecule has 0 saturated carbocycles. The molecule has 0 aliphatic carbocycles. The van der Waals surface area contributed by atoms with E-state index in [0.29, 0.717) is 0 Å². The minimum absolute atomic E-state index is 0.868. The second-order valence-corrected chi connectivity index (χ2v) is 5.43. The first-order valence-electron chi connectivity index (χ1n) is 7.09. The van der Waals surface area contributed by atoms with Gasteiger partial charge in [0.15, 0.2) is 0 Å². The quantitative estimate of drug-likeness (QED) is 0.868. The van der Waals surface area contributed by atoms with Crippen molar-refractivity contribution in [2.75, 3.05) is 25.0 Å². The van der Waals surface area contributed by atoms with Gasteiger partial charge in [0.2, 0.25) is 0 Å². The average molecular weight is 250 g/mol. The van der Waals surface area contributed by atoms with Crippen LogP contribution in [-0.4, -0.2) is 29.9 Å². The molecule has 1 aromatic rings. The lowest BCUT2D eigenvalue weighted by Gasteiger charge is -2.20. The maximum atomic E-state index is 4.58. The highest BCUT2D eigenvalue weighted by Gasteiger charge is 2.26. The number of anilines is 1. The average Bonchev–Trinajstić information content (AvgIpc) is 2.86. The first kappa shape index (κ1) is 13.4. The molecule has 1 unspecified atom stereocenters. The van der Waals surface area contributed by atoms with Crippen LogP contribution in [0.1, 0.15) is 37.4 Å². The molecule has 1 atom stereocenters. The molecule has 0 spiro atoms. The van der Waals surface area contributed by atoms with Crippen molar-refractivity contribution in [1.82, 2.24) is 15.1 Å². The normalized spacial score (nSPS) is 19.8. The van der Waals surface area contributed by atoms with Gasteiger partial charge in [0.05, 0.1) is 5.69 Å². The maximum absolute atomic E-state index is 4.58. The summed E-state index contributed by atoms with van der Waals surface area (Å²) in [5.41, 5.74) is 2.51. The molecular weight excluding hydrogens is 224 g/mol. The van der Waals surface area contributed by atoms with Gasteiger partial charge in [-0.3, -0.25) is 4.68 Å². The molecule has 4 nitrogen and oxygen atoms in total. The minimum Gasteiger partial charge on any atom is -0.356 e. The molecule has 1 aliphatic heterocycles. The van der Waals surface area contributed by atoms with E-state index in [2.05, 4.69) is 40.9 Å². The number of aromatic nitrogens is 2. The van der Waals surface area contributed by atoms with Crippen molar-refractivity contribution in [3.8, 4) is 0 Å². The zero-order chi connectivity index (χ0) is 13.1. The van der Waals surface area contributed by atoms with Gasteiger partial charge in [-0.1, -0.05) is 13.3 Å². The van der Waals surface area contributed by atoms with Crippen LogP contribution >= 0.6 is 0 Å². The van der Waals surface area contributed by atoms with E-state index >= 15 is 0 Å². The van der Waals surface area contributed by atoms with E-state index in [4.69, 9.17) is 0 Å². The minimum atomic E-state index is 0.868. The van der Waals surface area contributed by atoms with Crippen LogP contribution in [0.5, 0.6) is 0 Å². The highest BCUT2D eigenvalue weighted by Crippen LogP contribution is 2.30. The molecule has 0 bridgehead atoms. The van der Waals surface area contributed by atoms with E-state index in [1.54, 1.807) is 0 Å². The fraction of sp³-hybridized carbons (Fsp3) is 0.786. The molecule has 0 radical (unpaired) electrons. The summed E-state index contributed by atoms with van der Waals surface area (Å²) in [6.07, 6.45) is 3.98. The molecule has 1 N–H and O–H groups in total. The Labute approximate surface area is 110 Å². The Balaban J connectivity index is 2.18. The maximum Gasteiger partial charge on any atom is 0.131 e. The van der Waals surface area contributed by atoms with Gasteiger partial charge in [-0.2, -0.15) is 5.10 Å². The molecule has 1 aromatic heterocycles. The van der Waals surface area contributed by atoms with E-state index in [0.717, 1.165) is 18.2 Å². The van der Waals surface area contributed by atoms with Crippen molar-refractivity contribution in [2.24, 2.45) is 13.0 Å². The van der Waals surface area contributed by atoms with Crippen LogP contribution in [0.2, 0.25) is 0 Å². The van der Waals surface area contributed by atoms with Crippen LogP contribution in [-0.2, 0) is 13.6 Å². The van der Waals surface area contributed by atoms with Crippen LogP contribution in [0.3, 0.4) is 0 Å². The largest absolute Gasteiger partial charge is 0.356 e. The molecule has 2 heterocycles. The Hall–Kier alpha value is -1.03. The number of hydrogen-bond acceptors (Lipinski definition) is 3. The van der Waals surface area contributed by atoms with Crippen molar-refractivity contribution in [3.63, 3.8) is 0 Å². The lowest BCUT2D eigenvalue weighted by molar-refractivity contribution is 0.528. The Morgan fingerprint density at radius 1 is 1.44 bits per heavy atom. The second kappa shape index (κ2) is 5.74. The summed E-state index contributed by atoms with van der Waals surface area (Å²) < 4.78 is 2.05. The number of rotatable bonds is 5. The summed E-state index contributed by atoms with van der Waals surface area (Å²) in [6.45, 7) is 7.67. The zero-order valence-electron chi connectivity index (χ0n) is 12.2. The van der Waals surface area contributed by atoms with Gasteiger partial charge in [-0.05, 0) is 32.7 Å². The van der Waals surface area contributed by atoms with Gasteiger partial charge in [0, 0.05) is 32.2 Å². The zero-order valence-corrected chi connectivity index (χ0v) is 12.2. The monoisotopic (exact) mass is 250 g/mol. The van der Waals surface area contributed by atoms with Crippen LogP contribution in [0, 0.1) is 12.8 Å². The third-order valence-electron chi connectivity index (χ3n) is 3.95. The van der Waals surface area contributed by atoms with Crippen LogP contribution in [0.15, 0.2) is 0 Å².